The molecule has 2 N–H and O–H groups in total. The van der Waals surface area contributed by atoms with Gasteiger partial charge in [0.15, 0.2) is 9.84 Å². The first kappa shape index (κ1) is 12.4. The molecule has 94 valence electrons. The minimum atomic E-state index is -3.19. The van der Waals surface area contributed by atoms with E-state index in [4.69, 9.17) is 10.5 Å². The summed E-state index contributed by atoms with van der Waals surface area (Å²) in [5, 5.41) is 0. The maximum absolute atomic E-state index is 11.3. The fourth-order valence-electron chi connectivity index (χ4n) is 1.33. The smallest absolute Gasteiger partial charge is 0.219 e. The van der Waals surface area contributed by atoms with E-state index in [2.05, 4.69) is 4.98 Å². The summed E-state index contributed by atoms with van der Waals surface area (Å²) in [6, 6.07) is 9.44. The number of rotatable bonds is 3. The first-order valence-electron chi connectivity index (χ1n) is 5.15. The Morgan fingerprint density at radius 1 is 1.11 bits per heavy atom. The molecule has 0 saturated heterocycles. The molecule has 0 aliphatic rings. The van der Waals surface area contributed by atoms with Crippen molar-refractivity contribution in [2.45, 2.75) is 4.90 Å². The monoisotopic (exact) mass is 264 g/mol. The number of hydrogen-bond acceptors (Lipinski definition) is 5. The van der Waals surface area contributed by atoms with Crippen LogP contribution in [0.5, 0.6) is 11.6 Å². The molecule has 0 bridgehead atoms. The van der Waals surface area contributed by atoms with Gasteiger partial charge >= 0.3 is 0 Å². The third kappa shape index (κ3) is 2.98. The number of hydrogen-bond donors (Lipinski definition) is 1. The van der Waals surface area contributed by atoms with E-state index in [0.717, 1.165) is 6.26 Å². The van der Waals surface area contributed by atoms with E-state index in [1.165, 1.54) is 18.3 Å². The summed E-state index contributed by atoms with van der Waals surface area (Å²) in [6.07, 6.45) is 2.64. The number of pyridine rings is 1. The summed E-state index contributed by atoms with van der Waals surface area (Å²) in [5.41, 5.74) is 6.05. The molecule has 18 heavy (non-hydrogen) atoms. The lowest BCUT2D eigenvalue weighted by Crippen LogP contribution is -1.96. The van der Waals surface area contributed by atoms with Crippen molar-refractivity contribution in [2.75, 3.05) is 12.0 Å². The van der Waals surface area contributed by atoms with Crippen LogP contribution in [0, 0.1) is 0 Å². The molecule has 0 spiro atoms. The number of nitrogens with zero attached hydrogens (tertiary/aromatic N) is 1. The van der Waals surface area contributed by atoms with Gasteiger partial charge in [-0.25, -0.2) is 13.4 Å². The van der Waals surface area contributed by atoms with E-state index < -0.39 is 9.84 Å². The fourth-order valence-corrected chi connectivity index (χ4v) is 1.96. The lowest BCUT2D eigenvalue weighted by molar-refractivity contribution is 0.462. The van der Waals surface area contributed by atoms with E-state index in [0.29, 0.717) is 17.3 Å². The summed E-state index contributed by atoms with van der Waals surface area (Å²) in [7, 11) is -3.19. The average molecular weight is 264 g/mol. The van der Waals surface area contributed by atoms with Crippen molar-refractivity contribution in [2.24, 2.45) is 0 Å². The molecule has 5 nitrogen and oxygen atoms in total. The van der Waals surface area contributed by atoms with Crippen molar-refractivity contribution < 1.29 is 13.2 Å². The quantitative estimate of drug-likeness (QED) is 0.915. The van der Waals surface area contributed by atoms with E-state index in [1.807, 2.05) is 0 Å². The van der Waals surface area contributed by atoms with Gasteiger partial charge in [-0.1, -0.05) is 0 Å². The van der Waals surface area contributed by atoms with Crippen molar-refractivity contribution in [3.05, 3.63) is 42.6 Å². The molecule has 0 aliphatic heterocycles. The molecule has 0 unspecified atom stereocenters. The zero-order valence-electron chi connectivity index (χ0n) is 9.70. The number of nitrogen functional groups attached to an aromatic ring is 1. The zero-order chi connectivity index (χ0) is 13.2. The lowest BCUT2D eigenvalue weighted by atomic mass is 10.3. The van der Waals surface area contributed by atoms with Crippen molar-refractivity contribution in [3.63, 3.8) is 0 Å². The van der Waals surface area contributed by atoms with E-state index in [9.17, 15) is 8.42 Å². The molecular formula is C12H12N2O3S. The maximum atomic E-state index is 11.3. The maximum Gasteiger partial charge on any atom is 0.219 e. The molecule has 1 heterocycles. The number of ether oxygens (including phenoxy) is 1. The Labute approximate surface area is 105 Å². The SMILES string of the molecule is CS(=O)(=O)c1ccc(Oc2ccc(N)cn2)cc1. The number of aromatic nitrogens is 1. The van der Waals surface area contributed by atoms with Crippen molar-refractivity contribution in [1.29, 1.82) is 0 Å². The molecule has 2 aromatic rings. The Bertz CT molecular complexity index is 634. The number of anilines is 1. The molecule has 0 aliphatic carbocycles. The zero-order valence-corrected chi connectivity index (χ0v) is 10.5. The van der Waals surface area contributed by atoms with E-state index in [-0.39, 0.29) is 4.90 Å². The van der Waals surface area contributed by atoms with Gasteiger partial charge in [-0.3, -0.25) is 0 Å². The van der Waals surface area contributed by atoms with Crippen LogP contribution in [0.3, 0.4) is 0 Å². The third-order valence-electron chi connectivity index (χ3n) is 2.23. The Morgan fingerprint density at radius 2 is 1.78 bits per heavy atom. The van der Waals surface area contributed by atoms with Crippen LogP contribution in [-0.2, 0) is 9.84 Å². The highest BCUT2D eigenvalue weighted by atomic mass is 32.2. The van der Waals surface area contributed by atoms with E-state index in [1.54, 1.807) is 24.3 Å². The third-order valence-corrected chi connectivity index (χ3v) is 3.36. The topological polar surface area (TPSA) is 82.3 Å². The van der Waals surface area contributed by atoms with Crippen molar-refractivity contribution >= 4 is 15.5 Å². The van der Waals surface area contributed by atoms with Gasteiger partial charge in [0, 0.05) is 12.3 Å². The van der Waals surface area contributed by atoms with Gasteiger partial charge < -0.3 is 10.5 Å². The van der Waals surface area contributed by atoms with Gasteiger partial charge in [0.2, 0.25) is 5.88 Å². The van der Waals surface area contributed by atoms with Gasteiger partial charge in [0.05, 0.1) is 16.8 Å². The standard InChI is InChI=1S/C12H12N2O3S/c1-18(15,16)11-5-3-10(4-6-11)17-12-7-2-9(13)8-14-12/h2-8H,13H2,1H3. The molecule has 2 rings (SSSR count). The highest BCUT2D eigenvalue weighted by Gasteiger charge is 2.06. The predicted octanol–water partition coefficient (Wildman–Crippen LogP) is 1.86. The molecule has 0 atom stereocenters. The Hall–Kier alpha value is -2.08. The average Bonchev–Trinajstić information content (AvgIpc) is 2.32. The Kier molecular flexibility index (Phi) is 3.20. The van der Waals surface area contributed by atoms with E-state index >= 15 is 0 Å². The molecule has 1 aromatic heterocycles. The summed E-state index contributed by atoms with van der Waals surface area (Å²) in [5.74, 6) is 0.913. The summed E-state index contributed by atoms with van der Waals surface area (Å²) in [6.45, 7) is 0. The molecule has 0 fully saturated rings. The summed E-state index contributed by atoms with van der Waals surface area (Å²) < 4.78 is 28.0. The number of nitrogens with two attached hydrogens (primary N) is 1. The molecule has 1 aromatic carbocycles. The van der Waals surface area contributed by atoms with Crippen LogP contribution in [0.15, 0.2) is 47.5 Å². The first-order chi connectivity index (χ1) is 8.45. The number of sulfone groups is 1. The normalized spacial score (nSPS) is 11.2. The van der Waals surface area contributed by atoms with Crippen molar-refractivity contribution in [1.82, 2.24) is 4.98 Å². The predicted molar refractivity (Wildman–Crippen MR) is 68.3 cm³/mol. The van der Waals surface area contributed by atoms with Crippen LogP contribution >= 0.6 is 0 Å². The van der Waals surface area contributed by atoms with Crippen molar-refractivity contribution in [3.8, 4) is 11.6 Å². The van der Waals surface area contributed by atoms with Crippen LogP contribution in [0.25, 0.3) is 0 Å². The summed E-state index contributed by atoms with van der Waals surface area (Å²) in [4.78, 5) is 4.23. The Morgan fingerprint density at radius 3 is 2.28 bits per heavy atom. The van der Waals surface area contributed by atoms with Crippen LogP contribution in [-0.4, -0.2) is 19.7 Å². The van der Waals surface area contributed by atoms with Gasteiger partial charge in [-0.05, 0) is 30.3 Å². The van der Waals surface area contributed by atoms with Crippen LogP contribution in [0.2, 0.25) is 0 Å². The second-order valence-electron chi connectivity index (χ2n) is 3.78. The van der Waals surface area contributed by atoms with Gasteiger partial charge in [-0.15, -0.1) is 0 Å². The molecule has 0 radical (unpaired) electrons. The minimum absolute atomic E-state index is 0.250. The summed E-state index contributed by atoms with van der Waals surface area (Å²) >= 11 is 0. The molecular weight excluding hydrogens is 252 g/mol. The highest BCUT2D eigenvalue weighted by Crippen LogP contribution is 2.21. The molecule has 0 saturated carbocycles. The first-order valence-corrected chi connectivity index (χ1v) is 7.04. The fraction of sp³-hybridized carbons (Fsp3) is 0.0833. The van der Waals surface area contributed by atoms with Crippen LogP contribution in [0.1, 0.15) is 0 Å². The second kappa shape index (κ2) is 4.66. The second-order valence-corrected chi connectivity index (χ2v) is 5.79. The van der Waals surface area contributed by atoms with Gasteiger partial charge in [0.25, 0.3) is 0 Å². The van der Waals surface area contributed by atoms with Crippen LogP contribution < -0.4 is 10.5 Å². The number of benzene rings is 1. The lowest BCUT2D eigenvalue weighted by Gasteiger charge is -2.05. The minimum Gasteiger partial charge on any atom is -0.439 e. The molecule has 0 amide bonds. The molecule has 6 heteroatoms. The van der Waals surface area contributed by atoms with Gasteiger partial charge in [0.1, 0.15) is 5.75 Å². The van der Waals surface area contributed by atoms with Gasteiger partial charge in [-0.2, -0.15) is 0 Å². The van der Waals surface area contributed by atoms with Crippen LogP contribution in [0.4, 0.5) is 5.69 Å². The largest absolute Gasteiger partial charge is 0.439 e. The highest BCUT2D eigenvalue weighted by molar-refractivity contribution is 7.90. The Balaban J connectivity index is 2.18.